The van der Waals surface area contributed by atoms with Gasteiger partial charge in [0, 0.05) is 39.3 Å². The van der Waals surface area contributed by atoms with Crippen molar-refractivity contribution in [2.45, 2.75) is 19.5 Å². The van der Waals surface area contributed by atoms with Crippen molar-refractivity contribution in [3.8, 4) is 0 Å². The molecule has 0 radical (unpaired) electrons. The second-order valence-electron chi connectivity index (χ2n) is 5.26. The molecule has 1 aliphatic rings. The van der Waals surface area contributed by atoms with E-state index in [-0.39, 0.29) is 18.3 Å². The Labute approximate surface area is 127 Å². The third kappa shape index (κ3) is 4.78. The van der Waals surface area contributed by atoms with Crippen LogP contribution in [0.5, 0.6) is 0 Å². The molecule has 1 aliphatic heterocycles. The fourth-order valence-corrected chi connectivity index (χ4v) is 2.36. The fourth-order valence-electron chi connectivity index (χ4n) is 2.36. The van der Waals surface area contributed by atoms with Gasteiger partial charge < -0.3 is 10.2 Å². The Morgan fingerprint density at radius 3 is 2.75 bits per heavy atom. The van der Waals surface area contributed by atoms with Crippen LogP contribution in [0, 0.1) is 0 Å². The second kappa shape index (κ2) is 8.25. The van der Waals surface area contributed by atoms with Gasteiger partial charge >= 0.3 is 0 Å². The predicted octanol–water partition coefficient (Wildman–Crippen LogP) is 1.36. The number of likely N-dealkylation sites (N-methyl/N-ethyl adjacent to an activating group) is 1. The number of nitrogens with zero attached hydrogens (tertiary/aromatic N) is 2. The van der Waals surface area contributed by atoms with Crippen LogP contribution in [0.4, 0.5) is 0 Å². The summed E-state index contributed by atoms with van der Waals surface area (Å²) in [6, 6.07) is 10.5. The van der Waals surface area contributed by atoms with Crippen molar-refractivity contribution in [1.29, 1.82) is 0 Å². The topological polar surface area (TPSA) is 35.6 Å². The average Bonchev–Trinajstić information content (AvgIpc) is 2.42. The van der Waals surface area contributed by atoms with Gasteiger partial charge in [0.1, 0.15) is 0 Å². The van der Waals surface area contributed by atoms with Gasteiger partial charge in [-0.1, -0.05) is 30.3 Å². The molecule has 0 unspecified atom stereocenters. The summed E-state index contributed by atoms with van der Waals surface area (Å²) in [6.07, 6.45) is 0. The summed E-state index contributed by atoms with van der Waals surface area (Å²) >= 11 is 0. The third-order valence-electron chi connectivity index (χ3n) is 3.67. The maximum Gasteiger partial charge on any atom is 0.236 e. The van der Waals surface area contributed by atoms with Crippen LogP contribution in [0.3, 0.4) is 0 Å². The van der Waals surface area contributed by atoms with E-state index in [1.165, 1.54) is 5.56 Å². The van der Waals surface area contributed by atoms with Gasteiger partial charge in [-0.3, -0.25) is 9.69 Å². The number of carbonyl (C=O) groups is 1. The largest absolute Gasteiger partial charge is 0.340 e. The van der Waals surface area contributed by atoms with Gasteiger partial charge in [0.25, 0.3) is 0 Å². The standard InChI is InChI=1S/C15H23N3O.ClH/c1-13-10-16-8-9-18(13)12-15(19)17(2)11-14-6-4-3-5-7-14;/h3-7,13,16H,8-12H2,1-2H3;1H/t13-;/m1./s1. The lowest BCUT2D eigenvalue weighted by atomic mass is 10.2. The molecule has 1 amide bonds. The Morgan fingerprint density at radius 1 is 1.40 bits per heavy atom. The average molecular weight is 298 g/mol. The molecule has 1 aromatic carbocycles. The Kier molecular flexibility index (Phi) is 6.99. The Balaban J connectivity index is 0.00000200. The molecule has 0 aliphatic carbocycles. The monoisotopic (exact) mass is 297 g/mol. The number of carbonyl (C=O) groups excluding carboxylic acids is 1. The van der Waals surface area contributed by atoms with Crippen molar-refractivity contribution in [3.63, 3.8) is 0 Å². The van der Waals surface area contributed by atoms with E-state index in [9.17, 15) is 4.79 Å². The number of hydrogen-bond donors (Lipinski definition) is 1. The first kappa shape index (κ1) is 17.0. The molecule has 1 N–H and O–H groups in total. The highest BCUT2D eigenvalue weighted by Crippen LogP contribution is 2.06. The van der Waals surface area contributed by atoms with Crippen molar-refractivity contribution in [1.82, 2.24) is 15.1 Å². The Morgan fingerprint density at radius 2 is 2.10 bits per heavy atom. The van der Waals surface area contributed by atoms with Gasteiger partial charge in [-0.15, -0.1) is 12.4 Å². The lowest BCUT2D eigenvalue weighted by molar-refractivity contribution is -0.132. The maximum atomic E-state index is 12.2. The lowest BCUT2D eigenvalue weighted by Crippen LogP contribution is -2.52. The van der Waals surface area contributed by atoms with Gasteiger partial charge in [-0.05, 0) is 12.5 Å². The number of halogens is 1. The lowest BCUT2D eigenvalue weighted by Gasteiger charge is -2.34. The number of hydrogen-bond acceptors (Lipinski definition) is 3. The molecular formula is C15H24ClN3O. The molecule has 1 aromatic rings. The molecule has 2 rings (SSSR count). The molecule has 0 bridgehead atoms. The van der Waals surface area contributed by atoms with Crippen LogP contribution in [0.15, 0.2) is 30.3 Å². The molecule has 0 saturated carbocycles. The maximum absolute atomic E-state index is 12.2. The number of amides is 1. The summed E-state index contributed by atoms with van der Waals surface area (Å²) in [4.78, 5) is 16.3. The highest BCUT2D eigenvalue weighted by molar-refractivity contribution is 5.85. The first-order valence-electron chi connectivity index (χ1n) is 6.89. The van der Waals surface area contributed by atoms with E-state index in [2.05, 4.69) is 29.3 Å². The molecule has 1 atom stereocenters. The van der Waals surface area contributed by atoms with Crippen molar-refractivity contribution >= 4 is 18.3 Å². The normalized spacial score (nSPS) is 19.2. The summed E-state index contributed by atoms with van der Waals surface area (Å²) in [5.74, 6) is 0.192. The minimum absolute atomic E-state index is 0. The second-order valence-corrected chi connectivity index (χ2v) is 5.26. The third-order valence-corrected chi connectivity index (χ3v) is 3.67. The molecule has 0 aromatic heterocycles. The minimum Gasteiger partial charge on any atom is -0.340 e. The molecule has 20 heavy (non-hydrogen) atoms. The predicted molar refractivity (Wildman–Crippen MR) is 84.1 cm³/mol. The molecule has 4 nitrogen and oxygen atoms in total. The highest BCUT2D eigenvalue weighted by atomic mass is 35.5. The molecule has 5 heteroatoms. The minimum atomic E-state index is 0. The number of benzene rings is 1. The van der Waals surface area contributed by atoms with Gasteiger partial charge in [-0.25, -0.2) is 0 Å². The smallest absolute Gasteiger partial charge is 0.236 e. The van der Waals surface area contributed by atoms with E-state index in [0.717, 1.165) is 19.6 Å². The van der Waals surface area contributed by atoms with E-state index < -0.39 is 0 Å². The summed E-state index contributed by atoms with van der Waals surface area (Å²) in [7, 11) is 1.88. The SMILES string of the molecule is C[C@@H]1CNCCN1CC(=O)N(C)Cc1ccccc1.Cl. The zero-order valence-corrected chi connectivity index (χ0v) is 13.0. The van der Waals surface area contributed by atoms with Crippen LogP contribution in [-0.4, -0.2) is 55.0 Å². The van der Waals surface area contributed by atoms with Crippen molar-refractivity contribution in [2.24, 2.45) is 0 Å². The van der Waals surface area contributed by atoms with Gasteiger partial charge in [0.05, 0.1) is 6.54 Å². The first-order valence-corrected chi connectivity index (χ1v) is 6.89. The summed E-state index contributed by atoms with van der Waals surface area (Å²) < 4.78 is 0. The van der Waals surface area contributed by atoms with Gasteiger partial charge in [0.2, 0.25) is 5.91 Å². The highest BCUT2D eigenvalue weighted by Gasteiger charge is 2.21. The van der Waals surface area contributed by atoms with E-state index in [1.54, 1.807) is 0 Å². The van der Waals surface area contributed by atoms with Crippen molar-refractivity contribution in [2.75, 3.05) is 33.2 Å². The summed E-state index contributed by atoms with van der Waals surface area (Å²) in [5.41, 5.74) is 1.17. The van der Waals surface area contributed by atoms with Gasteiger partial charge in [-0.2, -0.15) is 0 Å². The fraction of sp³-hybridized carbons (Fsp3) is 0.533. The molecular weight excluding hydrogens is 274 g/mol. The van der Waals surface area contributed by atoms with Gasteiger partial charge in [0.15, 0.2) is 0 Å². The molecule has 0 spiro atoms. The zero-order chi connectivity index (χ0) is 13.7. The first-order chi connectivity index (χ1) is 9.16. The number of nitrogens with one attached hydrogen (secondary N) is 1. The number of piperazine rings is 1. The van der Waals surface area contributed by atoms with E-state index in [1.807, 2.05) is 30.1 Å². The van der Waals surface area contributed by atoms with Crippen LogP contribution in [-0.2, 0) is 11.3 Å². The van der Waals surface area contributed by atoms with Crippen LogP contribution in [0.25, 0.3) is 0 Å². The van der Waals surface area contributed by atoms with Crippen molar-refractivity contribution in [3.05, 3.63) is 35.9 Å². The molecule has 1 heterocycles. The Hall–Kier alpha value is -1.10. The van der Waals surface area contributed by atoms with Crippen LogP contribution in [0.2, 0.25) is 0 Å². The van der Waals surface area contributed by atoms with Crippen LogP contribution >= 0.6 is 12.4 Å². The molecule has 1 saturated heterocycles. The summed E-state index contributed by atoms with van der Waals surface area (Å²) in [5, 5.41) is 3.34. The zero-order valence-electron chi connectivity index (χ0n) is 12.2. The van der Waals surface area contributed by atoms with Crippen molar-refractivity contribution < 1.29 is 4.79 Å². The van der Waals surface area contributed by atoms with E-state index in [0.29, 0.717) is 19.1 Å². The van der Waals surface area contributed by atoms with Crippen LogP contribution < -0.4 is 5.32 Å². The Bertz CT molecular complexity index is 413. The van der Waals surface area contributed by atoms with Crippen LogP contribution in [0.1, 0.15) is 12.5 Å². The number of rotatable bonds is 4. The summed E-state index contributed by atoms with van der Waals surface area (Å²) in [6.45, 7) is 6.25. The molecule has 112 valence electrons. The molecule has 1 fully saturated rings. The van der Waals surface area contributed by atoms with E-state index in [4.69, 9.17) is 0 Å². The quantitative estimate of drug-likeness (QED) is 0.911. The van der Waals surface area contributed by atoms with E-state index >= 15 is 0 Å².